The molecule has 0 aromatic heterocycles. The molecule has 3 aromatic rings. The Labute approximate surface area is 196 Å². The van der Waals surface area contributed by atoms with Gasteiger partial charge in [-0.3, -0.25) is 0 Å². The maximum Gasteiger partial charge on any atom is 0.337 e. The zero-order valence-electron chi connectivity index (χ0n) is 19.2. The lowest BCUT2D eigenvalue weighted by atomic mass is 9.91. The second kappa shape index (κ2) is 12.3. The summed E-state index contributed by atoms with van der Waals surface area (Å²) in [6.07, 6.45) is 7.10. The second-order valence-corrected chi connectivity index (χ2v) is 7.83. The van der Waals surface area contributed by atoms with Crippen molar-refractivity contribution in [3.8, 4) is 11.8 Å². The molecule has 0 spiro atoms. The molecule has 0 bridgehead atoms. The van der Waals surface area contributed by atoms with Gasteiger partial charge in [0.2, 0.25) is 0 Å². The van der Waals surface area contributed by atoms with Crippen molar-refractivity contribution in [1.82, 2.24) is 0 Å². The number of esters is 1. The highest BCUT2D eigenvalue weighted by molar-refractivity contribution is 5.89. The quantitative estimate of drug-likeness (QED) is 0.350. The molecule has 0 aliphatic heterocycles. The van der Waals surface area contributed by atoms with Crippen LogP contribution in [0.15, 0.2) is 78.9 Å². The van der Waals surface area contributed by atoms with Gasteiger partial charge in [0.15, 0.2) is 0 Å². The topological polar surface area (TPSA) is 59.3 Å². The Bertz CT molecular complexity index is 1110. The van der Waals surface area contributed by atoms with Crippen molar-refractivity contribution in [2.45, 2.75) is 26.2 Å². The number of hydrogen-bond donors (Lipinski definition) is 0. The normalized spacial score (nSPS) is 11.7. The Balaban J connectivity index is 1.77. The maximum atomic E-state index is 11.7. The fourth-order valence-electron chi connectivity index (χ4n) is 3.71. The summed E-state index contributed by atoms with van der Waals surface area (Å²) < 4.78 is 10.6. The number of rotatable bonds is 10. The second-order valence-electron chi connectivity index (χ2n) is 7.83. The third kappa shape index (κ3) is 7.08. The first-order valence-corrected chi connectivity index (χ1v) is 11.2. The molecular formula is C29H29NO3. The highest BCUT2D eigenvalue weighted by atomic mass is 16.5. The molecule has 33 heavy (non-hydrogen) atoms. The average molecular weight is 440 g/mol. The van der Waals surface area contributed by atoms with Crippen molar-refractivity contribution in [2.75, 3.05) is 13.7 Å². The molecule has 4 heteroatoms. The molecule has 168 valence electrons. The van der Waals surface area contributed by atoms with Crippen LogP contribution in [0.3, 0.4) is 0 Å². The summed E-state index contributed by atoms with van der Waals surface area (Å²) in [5, 5.41) is 9.02. The van der Waals surface area contributed by atoms with Gasteiger partial charge in [-0.2, -0.15) is 5.26 Å². The summed E-state index contributed by atoms with van der Waals surface area (Å²) in [4.78, 5) is 11.7. The summed E-state index contributed by atoms with van der Waals surface area (Å²) in [5.74, 6) is 0.843. The first kappa shape index (κ1) is 23.8. The van der Waals surface area contributed by atoms with E-state index in [0.717, 1.165) is 36.1 Å². The highest BCUT2D eigenvalue weighted by Gasteiger charge is 2.10. The van der Waals surface area contributed by atoms with E-state index in [4.69, 9.17) is 14.7 Å². The van der Waals surface area contributed by atoms with E-state index < -0.39 is 0 Å². The van der Waals surface area contributed by atoms with Crippen molar-refractivity contribution in [3.63, 3.8) is 0 Å². The zero-order valence-corrected chi connectivity index (χ0v) is 19.2. The molecule has 3 rings (SSSR count). The van der Waals surface area contributed by atoms with Crippen LogP contribution in [0.5, 0.6) is 5.75 Å². The number of methoxy groups -OCH3 is 1. The molecule has 0 amide bonds. The van der Waals surface area contributed by atoms with E-state index in [1.54, 1.807) is 0 Å². The van der Waals surface area contributed by atoms with Crippen LogP contribution in [-0.2, 0) is 17.6 Å². The van der Waals surface area contributed by atoms with Crippen LogP contribution < -0.4 is 4.74 Å². The molecule has 0 saturated carbocycles. The Morgan fingerprint density at radius 2 is 1.70 bits per heavy atom. The van der Waals surface area contributed by atoms with Gasteiger partial charge in [-0.15, -0.1) is 0 Å². The number of carbonyl (C=O) groups is 1. The predicted molar refractivity (Wildman–Crippen MR) is 131 cm³/mol. The van der Waals surface area contributed by atoms with Crippen molar-refractivity contribution < 1.29 is 14.3 Å². The molecule has 1 atom stereocenters. The molecule has 0 fully saturated rings. The van der Waals surface area contributed by atoms with Crippen molar-refractivity contribution in [3.05, 3.63) is 107 Å². The van der Waals surface area contributed by atoms with Gasteiger partial charge in [0.25, 0.3) is 0 Å². The van der Waals surface area contributed by atoms with E-state index in [-0.39, 0.29) is 5.97 Å². The lowest BCUT2D eigenvalue weighted by molar-refractivity contribution is 0.0600. The van der Waals surface area contributed by atoms with Gasteiger partial charge < -0.3 is 9.47 Å². The van der Waals surface area contributed by atoms with Crippen LogP contribution in [0.4, 0.5) is 0 Å². The molecule has 0 saturated heterocycles. The van der Waals surface area contributed by atoms with E-state index >= 15 is 0 Å². The van der Waals surface area contributed by atoms with E-state index in [1.807, 2.05) is 73.7 Å². The number of para-hydroxylation sites is 1. The Morgan fingerprint density at radius 1 is 1.00 bits per heavy atom. The number of nitriles is 1. The van der Waals surface area contributed by atoms with Crippen molar-refractivity contribution in [1.29, 1.82) is 5.26 Å². The Hall–Kier alpha value is -3.84. The molecule has 0 N–H and O–H groups in total. The SMILES string of the molecule is CCOc1ccccc1/C=C/C(CCc1ccc(C#N)cc1)Cc1ccc(C(=O)OC)cc1. The molecule has 0 aliphatic carbocycles. The Morgan fingerprint density at radius 3 is 2.36 bits per heavy atom. The van der Waals surface area contributed by atoms with Gasteiger partial charge in [-0.1, -0.05) is 54.6 Å². The number of aryl methyl sites for hydroxylation is 1. The van der Waals surface area contributed by atoms with Crippen LogP contribution >= 0.6 is 0 Å². The lowest BCUT2D eigenvalue weighted by Gasteiger charge is -2.14. The molecule has 3 aromatic carbocycles. The first-order valence-electron chi connectivity index (χ1n) is 11.2. The number of benzene rings is 3. The minimum Gasteiger partial charge on any atom is -0.493 e. The van der Waals surface area contributed by atoms with Crippen molar-refractivity contribution in [2.24, 2.45) is 5.92 Å². The number of carbonyl (C=O) groups excluding carboxylic acids is 1. The third-order valence-electron chi connectivity index (χ3n) is 5.53. The number of ether oxygens (including phenoxy) is 2. The first-order chi connectivity index (χ1) is 16.1. The van der Waals surface area contributed by atoms with Gasteiger partial charge in [-0.05, 0) is 73.6 Å². The fraction of sp³-hybridized carbons (Fsp3) is 0.241. The van der Waals surface area contributed by atoms with Crippen LogP contribution in [-0.4, -0.2) is 19.7 Å². The van der Waals surface area contributed by atoms with Gasteiger partial charge in [0.1, 0.15) is 5.75 Å². The van der Waals surface area contributed by atoms with E-state index in [1.165, 1.54) is 12.7 Å². The average Bonchev–Trinajstić information content (AvgIpc) is 2.87. The molecule has 0 aliphatic rings. The minimum atomic E-state index is -0.327. The van der Waals surface area contributed by atoms with Crippen LogP contribution in [0.25, 0.3) is 6.08 Å². The highest BCUT2D eigenvalue weighted by Crippen LogP contribution is 2.23. The number of hydrogen-bond acceptors (Lipinski definition) is 4. The summed E-state index contributed by atoms with van der Waals surface area (Å²) in [6, 6.07) is 25.6. The summed E-state index contributed by atoms with van der Waals surface area (Å²) in [6.45, 7) is 2.61. The standard InChI is InChI=1S/C29H29NO3/c1-3-33-28-7-5-4-6-26(28)17-14-23(11-8-22-9-12-25(21-30)13-10-22)20-24-15-18-27(19-16-24)29(31)32-2/h4-7,9-10,12-19,23H,3,8,11,20H2,1-2H3/b17-14+. The lowest BCUT2D eigenvalue weighted by Crippen LogP contribution is -2.05. The number of allylic oxidation sites excluding steroid dienone is 1. The summed E-state index contributed by atoms with van der Waals surface area (Å²) in [5.41, 5.74) is 4.66. The molecule has 1 unspecified atom stereocenters. The smallest absolute Gasteiger partial charge is 0.337 e. The maximum absolute atomic E-state index is 11.7. The Kier molecular flexibility index (Phi) is 8.85. The molecular weight excluding hydrogens is 410 g/mol. The van der Waals surface area contributed by atoms with Gasteiger partial charge in [0, 0.05) is 5.56 Å². The summed E-state index contributed by atoms with van der Waals surface area (Å²) in [7, 11) is 1.39. The zero-order chi connectivity index (χ0) is 23.5. The van der Waals surface area contributed by atoms with Crippen molar-refractivity contribution >= 4 is 12.0 Å². The minimum absolute atomic E-state index is 0.291. The summed E-state index contributed by atoms with van der Waals surface area (Å²) >= 11 is 0. The van der Waals surface area contributed by atoms with E-state index in [0.29, 0.717) is 23.7 Å². The molecule has 4 nitrogen and oxygen atoms in total. The van der Waals surface area contributed by atoms with Crippen LogP contribution in [0.1, 0.15) is 46.0 Å². The number of nitrogens with zero attached hydrogens (tertiary/aromatic N) is 1. The van der Waals surface area contributed by atoms with Crippen LogP contribution in [0, 0.1) is 17.2 Å². The largest absolute Gasteiger partial charge is 0.493 e. The van der Waals surface area contributed by atoms with Crippen LogP contribution in [0.2, 0.25) is 0 Å². The van der Waals surface area contributed by atoms with E-state index in [9.17, 15) is 4.79 Å². The van der Waals surface area contributed by atoms with Gasteiger partial charge in [0.05, 0.1) is 30.9 Å². The van der Waals surface area contributed by atoms with E-state index in [2.05, 4.69) is 24.3 Å². The predicted octanol–water partition coefficient (Wildman–Crippen LogP) is 6.25. The fourth-order valence-corrected chi connectivity index (χ4v) is 3.71. The molecule has 0 heterocycles. The third-order valence-corrected chi connectivity index (χ3v) is 5.53. The monoisotopic (exact) mass is 439 g/mol. The van der Waals surface area contributed by atoms with Gasteiger partial charge >= 0.3 is 5.97 Å². The van der Waals surface area contributed by atoms with Gasteiger partial charge in [-0.25, -0.2) is 4.79 Å². The molecule has 0 radical (unpaired) electrons.